The van der Waals surface area contributed by atoms with Crippen molar-refractivity contribution in [2.75, 3.05) is 18.0 Å². The molecule has 3 aliphatic rings. The van der Waals surface area contributed by atoms with Crippen LogP contribution in [-0.2, 0) is 13.0 Å². The van der Waals surface area contributed by atoms with Crippen LogP contribution in [0.2, 0.25) is 0 Å². The van der Waals surface area contributed by atoms with E-state index in [2.05, 4.69) is 36.1 Å². The fourth-order valence-electron chi connectivity index (χ4n) is 5.27. The molecule has 176 valence electrons. The molecule has 2 N–H and O–H groups in total. The molecule has 0 bridgehead atoms. The van der Waals surface area contributed by atoms with E-state index < -0.39 is 0 Å². The van der Waals surface area contributed by atoms with Crippen molar-refractivity contribution in [2.45, 2.75) is 63.7 Å². The second-order valence-electron chi connectivity index (χ2n) is 9.78. The molecule has 2 saturated carbocycles. The SMILES string of the molecule is CCc1cc2ncc(CN3CCN(c4ccc(C(=O)NC5CC5)nc4)[C@H]4CC[C@@H]43)cc2[nH]c1=O. The molecule has 0 aromatic carbocycles. The smallest absolute Gasteiger partial charge is 0.270 e. The number of H-pyrrole nitrogens is 1. The zero-order valence-electron chi connectivity index (χ0n) is 19.5. The third-order valence-corrected chi connectivity index (χ3v) is 7.52. The van der Waals surface area contributed by atoms with Crippen molar-refractivity contribution >= 4 is 22.6 Å². The van der Waals surface area contributed by atoms with Crippen LogP contribution in [0.3, 0.4) is 0 Å². The molecule has 8 nitrogen and oxygen atoms in total. The van der Waals surface area contributed by atoms with Gasteiger partial charge in [-0.3, -0.25) is 19.5 Å². The van der Waals surface area contributed by atoms with Crippen LogP contribution in [-0.4, -0.2) is 57.0 Å². The number of pyridine rings is 3. The third-order valence-electron chi connectivity index (χ3n) is 7.52. The highest BCUT2D eigenvalue weighted by atomic mass is 16.2. The Hall–Kier alpha value is -3.26. The molecule has 4 heterocycles. The predicted octanol–water partition coefficient (Wildman–Crippen LogP) is 2.63. The highest BCUT2D eigenvalue weighted by molar-refractivity contribution is 5.92. The molecule has 2 atom stereocenters. The lowest BCUT2D eigenvalue weighted by Gasteiger charge is -2.54. The molecule has 0 radical (unpaired) electrons. The van der Waals surface area contributed by atoms with E-state index in [-0.39, 0.29) is 11.5 Å². The predicted molar refractivity (Wildman–Crippen MR) is 131 cm³/mol. The number of carbonyl (C=O) groups is 1. The maximum atomic E-state index is 12.2. The summed E-state index contributed by atoms with van der Waals surface area (Å²) >= 11 is 0. The van der Waals surface area contributed by atoms with Crippen LogP contribution in [0.25, 0.3) is 11.0 Å². The topological polar surface area (TPSA) is 94.2 Å². The summed E-state index contributed by atoms with van der Waals surface area (Å²) < 4.78 is 0. The molecule has 1 amide bonds. The van der Waals surface area contributed by atoms with Gasteiger partial charge in [-0.1, -0.05) is 6.92 Å². The van der Waals surface area contributed by atoms with Gasteiger partial charge in [0.15, 0.2) is 0 Å². The lowest BCUT2D eigenvalue weighted by atomic mass is 9.81. The first-order valence-corrected chi connectivity index (χ1v) is 12.4. The van der Waals surface area contributed by atoms with E-state index in [0.29, 0.717) is 30.2 Å². The van der Waals surface area contributed by atoms with E-state index in [1.807, 2.05) is 37.5 Å². The first kappa shape index (κ1) is 21.3. The molecule has 0 unspecified atom stereocenters. The molecule has 0 spiro atoms. The van der Waals surface area contributed by atoms with Crippen LogP contribution in [0.1, 0.15) is 54.2 Å². The Bertz CT molecular complexity index is 1280. The molecule has 1 saturated heterocycles. The summed E-state index contributed by atoms with van der Waals surface area (Å²) in [6, 6.07) is 9.13. The van der Waals surface area contributed by atoms with Crippen molar-refractivity contribution < 1.29 is 4.79 Å². The van der Waals surface area contributed by atoms with Crippen molar-refractivity contribution in [3.05, 3.63) is 63.8 Å². The standard InChI is InChI=1S/C26H30N6O2/c1-2-17-12-21-22(30-25(17)33)11-16(13-27-21)15-31-9-10-32(24-8-7-23(24)31)19-5-6-20(28-14-19)26(34)29-18-3-4-18/h5-6,11-14,18,23-24H,2-4,7-10,15H2,1H3,(H,29,34)(H,30,33)/t23-,24-/m0/s1. The Morgan fingerprint density at radius 3 is 2.65 bits per heavy atom. The minimum Gasteiger partial charge on any atom is -0.364 e. The van der Waals surface area contributed by atoms with Gasteiger partial charge in [-0.15, -0.1) is 0 Å². The van der Waals surface area contributed by atoms with Gasteiger partial charge < -0.3 is 15.2 Å². The Labute approximate surface area is 198 Å². The van der Waals surface area contributed by atoms with Gasteiger partial charge in [-0.25, -0.2) is 4.98 Å². The number of piperazine rings is 1. The number of carbonyl (C=O) groups excluding carboxylic acids is 1. The van der Waals surface area contributed by atoms with Gasteiger partial charge in [0.1, 0.15) is 5.69 Å². The Kier molecular flexibility index (Phi) is 5.32. The number of fused-ring (bicyclic) bond motifs is 2. The first-order chi connectivity index (χ1) is 16.6. The fraction of sp³-hybridized carbons (Fsp3) is 0.462. The van der Waals surface area contributed by atoms with E-state index >= 15 is 0 Å². The van der Waals surface area contributed by atoms with Crippen LogP contribution in [0.5, 0.6) is 0 Å². The van der Waals surface area contributed by atoms with E-state index in [1.165, 1.54) is 6.42 Å². The van der Waals surface area contributed by atoms with Gasteiger partial charge in [0, 0.05) is 49.5 Å². The van der Waals surface area contributed by atoms with Crippen LogP contribution < -0.4 is 15.8 Å². The summed E-state index contributed by atoms with van der Waals surface area (Å²) in [6.45, 7) is 4.69. The monoisotopic (exact) mass is 458 g/mol. The first-order valence-electron chi connectivity index (χ1n) is 12.4. The highest BCUT2D eigenvalue weighted by Gasteiger charge is 2.43. The van der Waals surface area contributed by atoms with Gasteiger partial charge in [0.25, 0.3) is 11.5 Å². The Morgan fingerprint density at radius 2 is 1.94 bits per heavy atom. The zero-order chi connectivity index (χ0) is 23.2. The molecule has 3 aromatic rings. The lowest BCUT2D eigenvalue weighted by Crippen LogP contribution is -2.64. The number of rotatable bonds is 6. The molecular weight excluding hydrogens is 428 g/mol. The quantitative estimate of drug-likeness (QED) is 0.590. The van der Waals surface area contributed by atoms with Crippen LogP contribution >= 0.6 is 0 Å². The molecule has 3 fully saturated rings. The Balaban J connectivity index is 1.14. The largest absolute Gasteiger partial charge is 0.364 e. The number of anilines is 1. The summed E-state index contributed by atoms with van der Waals surface area (Å²) in [6.07, 6.45) is 8.97. The maximum Gasteiger partial charge on any atom is 0.270 e. The van der Waals surface area contributed by atoms with E-state index in [4.69, 9.17) is 0 Å². The van der Waals surface area contributed by atoms with E-state index in [1.54, 1.807) is 0 Å². The van der Waals surface area contributed by atoms with Crippen molar-refractivity contribution in [2.24, 2.45) is 0 Å². The number of amides is 1. The summed E-state index contributed by atoms with van der Waals surface area (Å²) in [4.78, 5) is 41.5. The highest BCUT2D eigenvalue weighted by Crippen LogP contribution is 2.37. The number of nitrogens with zero attached hydrogens (tertiary/aromatic N) is 4. The minimum absolute atomic E-state index is 0.0220. The molecule has 2 aliphatic carbocycles. The summed E-state index contributed by atoms with van der Waals surface area (Å²) in [5.41, 5.74) is 5.10. The number of nitrogens with one attached hydrogen (secondary N) is 2. The van der Waals surface area contributed by atoms with Gasteiger partial charge in [0.05, 0.1) is 22.9 Å². The van der Waals surface area contributed by atoms with E-state index in [9.17, 15) is 9.59 Å². The minimum atomic E-state index is -0.0725. The van der Waals surface area contributed by atoms with Crippen molar-refractivity contribution in [3.63, 3.8) is 0 Å². The second kappa shape index (κ2) is 8.51. The molecule has 34 heavy (non-hydrogen) atoms. The maximum absolute atomic E-state index is 12.2. The number of hydrogen-bond acceptors (Lipinski definition) is 6. The lowest BCUT2D eigenvalue weighted by molar-refractivity contribution is 0.0658. The fourth-order valence-corrected chi connectivity index (χ4v) is 5.27. The van der Waals surface area contributed by atoms with Gasteiger partial charge in [-0.05, 0) is 61.9 Å². The molecule has 8 heteroatoms. The van der Waals surface area contributed by atoms with Gasteiger partial charge in [-0.2, -0.15) is 0 Å². The number of aromatic nitrogens is 3. The summed E-state index contributed by atoms with van der Waals surface area (Å²) in [5.74, 6) is -0.0725. The van der Waals surface area contributed by atoms with Crippen molar-refractivity contribution in [1.82, 2.24) is 25.2 Å². The number of aryl methyl sites for hydroxylation is 1. The van der Waals surface area contributed by atoms with Crippen molar-refractivity contribution in [1.29, 1.82) is 0 Å². The average Bonchev–Trinajstić information content (AvgIpc) is 3.63. The molecule has 3 aromatic heterocycles. The summed E-state index contributed by atoms with van der Waals surface area (Å²) in [5, 5.41) is 3.00. The van der Waals surface area contributed by atoms with Crippen LogP contribution in [0.15, 0.2) is 41.5 Å². The zero-order valence-corrected chi connectivity index (χ0v) is 19.5. The van der Waals surface area contributed by atoms with Crippen molar-refractivity contribution in [3.8, 4) is 0 Å². The van der Waals surface area contributed by atoms with Gasteiger partial charge in [0.2, 0.25) is 0 Å². The van der Waals surface area contributed by atoms with Crippen LogP contribution in [0.4, 0.5) is 5.69 Å². The number of aromatic amines is 1. The Morgan fingerprint density at radius 1 is 1.09 bits per heavy atom. The average molecular weight is 459 g/mol. The number of hydrogen-bond donors (Lipinski definition) is 2. The molecule has 6 rings (SSSR count). The van der Waals surface area contributed by atoms with Gasteiger partial charge >= 0.3 is 0 Å². The normalized spacial score (nSPS) is 22.3. The third kappa shape index (κ3) is 3.96. The molecule has 1 aliphatic heterocycles. The summed E-state index contributed by atoms with van der Waals surface area (Å²) in [7, 11) is 0. The second-order valence-corrected chi connectivity index (χ2v) is 9.78. The van der Waals surface area contributed by atoms with Crippen LogP contribution in [0, 0.1) is 0 Å². The molecular formula is C26H30N6O2. The van der Waals surface area contributed by atoms with E-state index in [0.717, 1.165) is 66.7 Å².